The lowest BCUT2D eigenvalue weighted by Gasteiger charge is -2.36. The number of carbonyl (C=O) groups excluding carboxylic acids is 2. The standard InChI is InChI=1S/C18H21N3O4/c1-13-12-16(25-19-13)18(23)24-14(2)17(22)21-10-8-20(9-11-21)15-6-4-3-5-7-15/h3-7,12,14H,8-11H2,1-2H3. The molecule has 0 spiro atoms. The maximum Gasteiger partial charge on any atom is 0.377 e. The van der Waals surface area contributed by atoms with Crippen LogP contribution < -0.4 is 4.90 Å². The van der Waals surface area contributed by atoms with Crippen molar-refractivity contribution < 1.29 is 18.8 Å². The molecule has 25 heavy (non-hydrogen) atoms. The molecule has 2 heterocycles. The van der Waals surface area contributed by atoms with Crippen LogP contribution in [0.25, 0.3) is 0 Å². The van der Waals surface area contributed by atoms with Crippen molar-refractivity contribution in [2.75, 3.05) is 31.1 Å². The summed E-state index contributed by atoms with van der Waals surface area (Å²) in [6.07, 6.45) is -0.860. The van der Waals surface area contributed by atoms with E-state index in [1.807, 2.05) is 18.2 Å². The number of piperazine rings is 1. The van der Waals surface area contributed by atoms with Gasteiger partial charge in [0.25, 0.3) is 5.91 Å². The van der Waals surface area contributed by atoms with E-state index < -0.39 is 12.1 Å². The lowest BCUT2D eigenvalue weighted by Crippen LogP contribution is -2.51. The zero-order chi connectivity index (χ0) is 17.8. The van der Waals surface area contributed by atoms with Crippen molar-refractivity contribution in [3.8, 4) is 0 Å². The first-order valence-corrected chi connectivity index (χ1v) is 8.27. The van der Waals surface area contributed by atoms with Crippen LogP contribution in [0.4, 0.5) is 5.69 Å². The van der Waals surface area contributed by atoms with Crippen LogP contribution in [0, 0.1) is 6.92 Å². The Morgan fingerprint density at radius 1 is 1.16 bits per heavy atom. The number of hydrogen-bond acceptors (Lipinski definition) is 6. The zero-order valence-corrected chi connectivity index (χ0v) is 14.3. The minimum atomic E-state index is -0.860. The molecule has 1 amide bonds. The molecule has 1 saturated heterocycles. The summed E-state index contributed by atoms with van der Waals surface area (Å²) in [5.41, 5.74) is 1.73. The van der Waals surface area contributed by atoms with Crippen molar-refractivity contribution in [2.24, 2.45) is 0 Å². The van der Waals surface area contributed by atoms with Crippen LogP contribution in [0.1, 0.15) is 23.2 Å². The van der Waals surface area contributed by atoms with E-state index in [-0.39, 0.29) is 11.7 Å². The highest BCUT2D eigenvalue weighted by Gasteiger charge is 2.28. The summed E-state index contributed by atoms with van der Waals surface area (Å²) >= 11 is 0. The largest absolute Gasteiger partial charge is 0.447 e. The Labute approximate surface area is 146 Å². The Bertz CT molecular complexity index is 736. The molecular weight excluding hydrogens is 322 g/mol. The van der Waals surface area contributed by atoms with E-state index in [9.17, 15) is 9.59 Å². The fraction of sp³-hybridized carbons (Fsp3) is 0.389. The third-order valence-electron chi connectivity index (χ3n) is 4.17. The van der Waals surface area contributed by atoms with Gasteiger partial charge in [0.15, 0.2) is 6.10 Å². The first kappa shape index (κ1) is 17.0. The fourth-order valence-corrected chi connectivity index (χ4v) is 2.81. The van der Waals surface area contributed by atoms with Crippen LogP contribution >= 0.6 is 0 Å². The third kappa shape index (κ3) is 3.99. The molecule has 7 nitrogen and oxygen atoms in total. The molecule has 1 unspecified atom stereocenters. The molecule has 1 fully saturated rings. The number of esters is 1. The van der Waals surface area contributed by atoms with Gasteiger partial charge in [-0.1, -0.05) is 23.4 Å². The van der Waals surface area contributed by atoms with E-state index in [1.54, 1.807) is 18.7 Å². The first-order valence-electron chi connectivity index (χ1n) is 8.27. The molecule has 7 heteroatoms. The second-order valence-electron chi connectivity index (χ2n) is 6.03. The second-order valence-corrected chi connectivity index (χ2v) is 6.03. The maximum absolute atomic E-state index is 12.5. The highest BCUT2D eigenvalue weighted by molar-refractivity contribution is 5.90. The predicted octanol–water partition coefficient (Wildman–Crippen LogP) is 1.88. The smallest absolute Gasteiger partial charge is 0.377 e. The summed E-state index contributed by atoms with van der Waals surface area (Å²) in [5.74, 6) is -0.868. The lowest BCUT2D eigenvalue weighted by molar-refractivity contribution is -0.140. The van der Waals surface area contributed by atoms with E-state index >= 15 is 0 Å². The summed E-state index contributed by atoms with van der Waals surface area (Å²) in [7, 11) is 0. The molecule has 1 aliphatic heterocycles. The number of aromatic nitrogens is 1. The third-order valence-corrected chi connectivity index (χ3v) is 4.17. The Balaban J connectivity index is 1.52. The van der Waals surface area contributed by atoms with E-state index in [1.165, 1.54) is 6.07 Å². The molecule has 0 aliphatic carbocycles. The molecule has 0 radical (unpaired) electrons. The quantitative estimate of drug-likeness (QED) is 0.789. The zero-order valence-electron chi connectivity index (χ0n) is 14.3. The van der Waals surface area contributed by atoms with Gasteiger partial charge in [0.1, 0.15) is 0 Å². The number of anilines is 1. The van der Waals surface area contributed by atoms with Crippen LogP contribution in [-0.2, 0) is 9.53 Å². The molecule has 0 bridgehead atoms. The topological polar surface area (TPSA) is 75.9 Å². The number of hydrogen-bond donors (Lipinski definition) is 0. The Morgan fingerprint density at radius 3 is 2.44 bits per heavy atom. The van der Waals surface area contributed by atoms with E-state index in [0.29, 0.717) is 18.8 Å². The average Bonchev–Trinajstić information content (AvgIpc) is 3.08. The number of aryl methyl sites for hydroxylation is 1. The minimum Gasteiger partial charge on any atom is -0.447 e. The van der Waals surface area contributed by atoms with Crippen molar-refractivity contribution in [2.45, 2.75) is 20.0 Å². The number of para-hydroxylation sites is 1. The van der Waals surface area contributed by atoms with Crippen LogP contribution in [0.2, 0.25) is 0 Å². The van der Waals surface area contributed by atoms with Gasteiger partial charge >= 0.3 is 5.97 Å². The van der Waals surface area contributed by atoms with Gasteiger partial charge in [-0.3, -0.25) is 4.79 Å². The molecule has 3 rings (SSSR count). The SMILES string of the molecule is Cc1cc(C(=O)OC(C)C(=O)N2CCN(c3ccccc3)CC2)on1. The van der Waals surface area contributed by atoms with Crippen LogP contribution in [0.3, 0.4) is 0 Å². The van der Waals surface area contributed by atoms with E-state index in [4.69, 9.17) is 9.26 Å². The number of carbonyl (C=O) groups is 2. The van der Waals surface area contributed by atoms with Gasteiger partial charge in [-0.05, 0) is 26.0 Å². The van der Waals surface area contributed by atoms with Crippen molar-refractivity contribution in [3.05, 3.63) is 47.9 Å². The number of benzene rings is 1. The molecular formula is C18H21N3O4. The molecule has 0 saturated carbocycles. The number of rotatable bonds is 4. The van der Waals surface area contributed by atoms with Gasteiger partial charge in [0.05, 0.1) is 5.69 Å². The normalized spacial score (nSPS) is 15.8. The maximum atomic E-state index is 12.5. The van der Waals surface area contributed by atoms with Crippen molar-refractivity contribution >= 4 is 17.6 Å². The summed E-state index contributed by atoms with van der Waals surface area (Å²) in [5, 5.41) is 3.64. The molecule has 2 aromatic rings. The summed E-state index contributed by atoms with van der Waals surface area (Å²) in [6, 6.07) is 11.6. The number of ether oxygens (including phenoxy) is 1. The Hall–Kier alpha value is -2.83. The van der Waals surface area contributed by atoms with Gasteiger partial charge in [-0.15, -0.1) is 0 Å². The highest BCUT2D eigenvalue weighted by atomic mass is 16.6. The number of amides is 1. The second kappa shape index (κ2) is 7.38. The Morgan fingerprint density at radius 2 is 1.84 bits per heavy atom. The van der Waals surface area contributed by atoms with Crippen LogP contribution in [0.5, 0.6) is 0 Å². The lowest BCUT2D eigenvalue weighted by atomic mass is 10.2. The van der Waals surface area contributed by atoms with Gasteiger partial charge in [-0.2, -0.15) is 0 Å². The molecule has 1 atom stereocenters. The van der Waals surface area contributed by atoms with E-state index in [2.05, 4.69) is 22.2 Å². The van der Waals surface area contributed by atoms with Crippen LogP contribution in [-0.4, -0.2) is 54.2 Å². The van der Waals surface area contributed by atoms with Gasteiger partial charge < -0.3 is 19.1 Å². The molecule has 1 aromatic carbocycles. The highest BCUT2D eigenvalue weighted by Crippen LogP contribution is 2.16. The molecule has 0 N–H and O–H groups in total. The van der Waals surface area contributed by atoms with Crippen molar-refractivity contribution in [1.29, 1.82) is 0 Å². The number of nitrogens with zero attached hydrogens (tertiary/aromatic N) is 3. The average molecular weight is 343 g/mol. The summed E-state index contributed by atoms with van der Waals surface area (Å²) < 4.78 is 10.1. The molecule has 1 aromatic heterocycles. The molecule has 132 valence electrons. The summed E-state index contributed by atoms with van der Waals surface area (Å²) in [6.45, 7) is 5.97. The van der Waals surface area contributed by atoms with Gasteiger partial charge in [-0.25, -0.2) is 4.79 Å². The predicted molar refractivity (Wildman–Crippen MR) is 91.4 cm³/mol. The van der Waals surface area contributed by atoms with Crippen LogP contribution in [0.15, 0.2) is 40.9 Å². The molecule has 1 aliphatic rings. The minimum absolute atomic E-state index is 0.00560. The summed E-state index contributed by atoms with van der Waals surface area (Å²) in [4.78, 5) is 28.4. The van der Waals surface area contributed by atoms with Crippen molar-refractivity contribution in [1.82, 2.24) is 10.1 Å². The van der Waals surface area contributed by atoms with E-state index in [0.717, 1.165) is 18.8 Å². The van der Waals surface area contributed by atoms with Gasteiger partial charge in [0, 0.05) is 37.9 Å². The van der Waals surface area contributed by atoms with Gasteiger partial charge in [0.2, 0.25) is 5.76 Å². The fourth-order valence-electron chi connectivity index (χ4n) is 2.81. The Kier molecular flexibility index (Phi) is 5.02. The first-order chi connectivity index (χ1) is 12.0. The monoisotopic (exact) mass is 343 g/mol. The van der Waals surface area contributed by atoms with Crippen molar-refractivity contribution in [3.63, 3.8) is 0 Å².